The lowest BCUT2D eigenvalue weighted by Crippen LogP contribution is -2.18. The lowest BCUT2D eigenvalue weighted by atomic mass is 10.1. The maximum atomic E-state index is 11.3. The number of anilines is 1. The average Bonchev–Trinajstić information content (AvgIpc) is 2.78. The van der Waals surface area contributed by atoms with E-state index in [0.717, 1.165) is 6.42 Å². The maximum absolute atomic E-state index is 11.3. The minimum Gasteiger partial charge on any atom is -0.478 e. The van der Waals surface area contributed by atoms with Crippen molar-refractivity contribution >= 4 is 22.7 Å². The summed E-state index contributed by atoms with van der Waals surface area (Å²) >= 11 is 0. The highest BCUT2D eigenvalue weighted by Crippen LogP contribution is 2.26. The van der Waals surface area contributed by atoms with Crippen LogP contribution in [0, 0.1) is 0 Å². The van der Waals surface area contributed by atoms with E-state index in [4.69, 9.17) is 5.11 Å². The summed E-state index contributed by atoms with van der Waals surface area (Å²) in [6.07, 6.45) is 4.36. The molecule has 0 bridgehead atoms. The number of carboxylic acid groups (broad SMARTS) is 1. The molecule has 0 radical (unpaired) electrons. The van der Waals surface area contributed by atoms with Crippen molar-refractivity contribution < 1.29 is 15.0 Å². The standard InChI is InChI=1S/C13H18N4O3/c1-8(4-3-5-18)16-11-9-7-15-17(2)12(9)14-6-10(11)13(19)20/h6-8,18H,3-5H2,1-2H3,(H,14,16)(H,19,20). The number of nitrogens with zero attached hydrogens (tertiary/aromatic N) is 3. The number of carboxylic acids is 1. The Hall–Kier alpha value is -2.15. The summed E-state index contributed by atoms with van der Waals surface area (Å²) in [5.41, 5.74) is 1.29. The Balaban J connectivity index is 2.41. The van der Waals surface area contributed by atoms with Gasteiger partial charge in [0.15, 0.2) is 5.65 Å². The predicted molar refractivity (Wildman–Crippen MR) is 74.9 cm³/mol. The summed E-state index contributed by atoms with van der Waals surface area (Å²) in [4.78, 5) is 15.5. The van der Waals surface area contributed by atoms with Gasteiger partial charge in [0.05, 0.1) is 17.3 Å². The van der Waals surface area contributed by atoms with Crippen LogP contribution in [-0.2, 0) is 7.05 Å². The molecule has 0 spiro atoms. The monoisotopic (exact) mass is 278 g/mol. The highest BCUT2D eigenvalue weighted by Gasteiger charge is 2.18. The van der Waals surface area contributed by atoms with E-state index in [-0.39, 0.29) is 18.2 Å². The van der Waals surface area contributed by atoms with Gasteiger partial charge in [0, 0.05) is 25.9 Å². The van der Waals surface area contributed by atoms with Gasteiger partial charge in [-0.15, -0.1) is 0 Å². The molecule has 0 aromatic carbocycles. The number of nitrogens with one attached hydrogen (secondary N) is 1. The zero-order valence-electron chi connectivity index (χ0n) is 11.5. The molecule has 20 heavy (non-hydrogen) atoms. The molecular formula is C13H18N4O3. The predicted octanol–water partition coefficient (Wildman–Crippen LogP) is 1.24. The van der Waals surface area contributed by atoms with Crippen molar-refractivity contribution in [1.29, 1.82) is 0 Å². The molecule has 2 heterocycles. The number of rotatable bonds is 6. The Morgan fingerprint density at radius 3 is 2.90 bits per heavy atom. The number of aliphatic hydroxyl groups is 1. The zero-order valence-corrected chi connectivity index (χ0v) is 11.5. The highest BCUT2D eigenvalue weighted by molar-refractivity contribution is 6.03. The highest BCUT2D eigenvalue weighted by atomic mass is 16.4. The SMILES string of the molecule is CC(CCCO)Nc1c(C(=O)O)cnc2c1cnn2C. The number of carbonyl (C=O) groups is 1. The normalized spacial score (nSPS) is 12.6. The molecule has 108 valence electrons. The molecule has 3 N–H and O–H groups in total. The molecule has 0 amide bonds. The minimum atomic E-state index is -1.03. The van der Waals surface area contributed by atoms with Crippen LogP contribution in [0.1, 0.15) is 30.1 Å². The second-order valence-electron chi connectivity index (χ2n) is 4.77. The van der Waals surface area contributed by atoms with Crippen LogP contribution in [0.4, 0.5) is 5.69 Å². The number of pyridine rings is 1. The lowest BCUT2D eigenvalue weighted by molar-refractivity contribution is 0.0697. The van der Waals surface area contributed by atoms with Gasteiger partial charge in [0.25, 0.3) is 0 Å². The summed E-state index contributed by atoms with van der Waals surface area (Å²) in [6, 6.07) is 0.0473. The van der Waals surface area contributed by atoms with Gasteiger partial charge < -0.3 is 15.5 Å². The van der Waals surface area contributed by atoms with Gasteiger partial charge in [0.2, 0.25) is 0 Å². The Morgan fingerprint density at radius 2 is 2.25 bits per heavy atom. The summed E-state index contributed by atoms with van der Waals surface area (Å²) in [5.74, 6) is -1.03. The quantitative estimate of drug-likeness (QED) is 0.735. The molecule has 0 fully saturated rings. The van der Waals surface area contributed by atoms with Gasteiger partial charge in [-0.25, -0.2) is 9.78 Å². The summed E-state index contributed by atoms with van der Waals surface area (Å²) in [7, 11) is 1.76. The molecule has 1 atom stereocenters. The van der Waals surface area contributed by atoms with E-state index in [1.807, 2.05) is 6.92 Å². The van der Waals surface area contributed by atoms with Crippen LogP contribution in [0.2, 0.25) is 0 Å². The Bertz CT molecular complexity index is 623. The third-order valence-electron chi connectivity index (χ3n) is 3.18. The van der Waals surface area contributed by atoms with Crippen molar-refractivity contribution in [1.82, 2.24) is 14.8 Å². The maximum Gasteiger partial charge on any atom is 0.339 e. The van der Waals surface area contributed by atoms with Gasteiger partial charge in [-0.2, -0.15) is 5.10 Å². The number of fused-ring (bicyclic) bond motifs is 1. The van der Waals surface area contributed by atoms with E-state index in [9.17, 15) is 9.90 Å². The second kappa shape index (κ2) is 5.87. The van der Waals surface area contributed by atoms with Crippen LogP contribution in [0.15, 0.2) is 12.4 Å². The van der Waals surface area contributed by atoms with Crippen molar-refractivity contribution in [2.24, 2.45) is 7.05 Å². The number of aromatic carboxylic acids is 1. The third-order valence-corrected chi connectivity index (χ3v) is 3.18. The lowest BCUT2D eigenvalue weighted by Gasteiger charge is -2.17. The first-order valence-corrected chi connectivity index (χ1v) is 6.46. The number of aliphatic hydroxyl groups excluding tert-OH is 1. The molecule has 2 rings (SSSR count). The summed E-state index contributed by atoms with van der Waals surface area (Å²) in [6.45, 7) is 2.07. The molecule has 0 aliphatic carbocycles. The molecule has 0 saturated heterocycles. The van der Waals surface area contributed by atoms with Crippen LogP contribution in [0.5, 0.6) is 0 Å². The Morgan fingerprint density at radius 1 is 1.50 bits per heavy atom. The van der Waals surface area contributed by atoms with E-state index >= 15 is 0 Å². The van der Waals surface area contributed by atoms with E-state index in [2.05, 4.69) is 15.4 Å². The fourth-order valence-electron chi connectivity index (χ4n) is 2.13. The molecule has 1 unspecified atom stereocenters. The molecular weight excluding hydrogens is 260 g/mol. The third kappa shape index (κ3) is 2.72. The number of aryl methyl sites for hydroxylation is 1. The van der Waals surface area contributed by atoms with E-state index < -0.39 is 5.97 Å². The molecule has 7 nitrogen and oxygen atoms in total. The number of hydrogen-bond acceptors (Lipinski definition) is 5. The topological polar surface area (TPSA) is 100 Å². The average molecular weight is 278 g/mol. The van der Waals surface area contributed by atoms with Crippen LogP contribution in [0.3, 0.4) is 0 Å². The molecule has 0 aliphatic rings. The minimum absolute atomic E-state index is 0.0473. The van der Waals surface area contributed by atoms with E-state index in [0.29, 0.717) is 23.1 Å². The molecule has 7 heteroatoms. The van der Waals surface area contributed by atoms with Crippen LogP contribution in [-0.4, -0.2) is 43.6 Å². The largest absolute Gasteiger partial charge is 0.478 e. The van der Waals surface area contributed by atoms with Gasteiger partial charge in [-0.05, 0) is 19.8 Å². The summed E-state index contributed by atoms with van der Waals surface area (Å²) in [5, 5.41) is 26.1. The first-order valence-electron chi connectivity index (χ1n) is 6.46. The fourth-order valence-corrected chi connectivity index (χ4v) is 2.13. The van der Waals surface area contributed by atoms with Crippen molar-refractivity contribution in [2.45, 2.75) is 25.8 Å². The van der Waals surface area contributed by atoms with E-state index in [1.165, 1.54) is 6.20 Å². The summed E-state index contributed by atoms with van der Waals surface area (Å²) < 4.78 is 1.60. The molecule has 0 saturated carbocycles. The van der Waals surface area contributed by atoms with Gasteiger partial charge >= 0.3 is 5.97 Å². The van der Waals surface area contributed by atoms with E-state index in [1.54, 1.807) is 17.9 Å². The van der Waals surface area contributed by atoms with Crippen LogP contribution < -0.4 is 5.32 Å². The fraction of sp³-hybridized carbons (Fsp3) is 0.462. The van der Waals surface area contributed by atoms with Crippen molar-refractivity contribution in [3.63, 3.8) is 0 Å². The second-order valence-corrected chi connectivity index (χ2v) is 4.77. The van der Waals surface area contributed by atoms with Crippen molar-refractivity contribution in [3.8, 4) is 0 Å². The van der Waals surface area contributed by atoms with Gasteiger partial charge in [-0.1, -0.05) is 0 Å². The Kier molecular flexibility index (Phi) is 4.19. The molecule has 2 aromatic heterocycles. The Labute approximate surface area is 116 Å². The first kappa shape index (κ1) is 14.3. The zero-order chi connectivity index (χ0) is 14.7. The first-order chi connectivity index (χ1) is 9.54. The molecule has 0 aliphatic heterocycles. The number of aromatic nitrogens is 3. The van der Waals surface area contributed by atoms with Crippen molar-refractivity contribution in [2.75, 3.05) is 11.9 Å². The smallest absolute Gasteiger partial charge is 0.339 e. The van der Waals surface area contributed by atoms with Crippen LogP contribution >= 0.6 is 0 Å². The van der Waals surface area contributed by atoms with Gasteiger partial charge in [-0.3, -0.25) is 4.68 Å². The van der Waals surface area contributed by atoms with Gasteiger partial charge in [0.1, 0.15) is 5.56 Å². The van der Waals surface area contributed by atoms with Crippen molar-refractivity contribution in [3.05, 3.63) is 18.0 Å². The number of hydrogen-bond donors (Lipinski definition) is 3. The van der Waals surface area contributed by atoms with Crippen LogP contribution in [0.25, 0.3) is 11.0 Å². The molecule has 2 aromatic rings.